The van der Waals surface area contributed by atoms with Crippen molar-refractivity contribution in [3.63, 3.8) is 0 Å². The fraction of sp³-hybridized carbons (Fsp3) is 0.211. The minimum atomic E-state index is -0.645. The fourth-order valence-electron chi connectivity index (χ4n) is 2.22. The van der Waals surface area contributed by atoms with Crippen molar-refractivity contribution in [1.82, 2.24) is 10.2 Å². The zero-order valence-electron chi connectivity index (χ0n) is 14.2. The van der Waals surface area contributed by atoms with Crippen molar-refractivity contribution in [2.75, 3.05) is 7.11 Å². The minimum Gasteiger partial charge on any atom is -0.497 e. The van der Waals surface area contributed by atoms with Crippen molar-refractivity contribution < 1.29 is 18.7 Å². The molecule has 0 aliphatic carbocycles. The average molecular weight is 338 g/mol. The molecule has 0 aliphatic rings. The predicted octanol–water partition coefficient (Wildman–Crippen LogP) is 3.97. The molecule has 25 heavy (non-hydrogen) atoms. The summed E-state index contributed by atoms with van der Waals surface area (Å²) >= 11 is 0. The van der Waals surface area contributed by atoms with Crippen LogP contribution in [0.25, 0.3) is 11.5 Å². The van der Waals surface area contributed by atoms with Crippen molar-refractivity contribution in [3.05, 3.63) is 65.5 Å². The summed E-state index contributed by atoms with van der Waals surface area (Å²) in [6, 6.07) is 14.4. The lowest BCUT2D eigenvalue weighted by Crippen LogP contribution is -2.09. The quantitative estimate of drug-likeness (QED) is 0.655. The zero-order chi connectivity index (χ0) is 17.8. The van der Waals surface area contributed by atoms with E-state index in [9.17, 15) is 4.79 Å². The molecule has 0 saturated carbocycles. The number of hydrogen-bond acceptors (Lipinski definition) is 6. The Hall–Kier alpha value is -3.15. The second kappa shape index (κ2) is 7.17. The monoisotopic (exact) mass is 338 g/mol. The van der Waals surface area contributed by atoms with E-state index >= 15 is 0 Å². The molecule has 1 aromatic heterocycles. The first-order chi connectivity index (χ1) is 12.1. The van der Waals surface area contributed by atoms with E-state index in [2.05, 4.69) is 10.2 Å². The maximum Gasteiger partial charge on any atom is 0.338 e. The molecule has 3 rings (SSSR count). The lowest BCUT2D eigenvalue weighted by Gasteiger charge is -2.09. The molecule has 0 fully saturated rings. The Morgan fingerprint density at radius 1 is 1.04 bits per heavy atom. The molecular formula is C19H18N2O4. The van der Waals surface area contributed by atoms with Gasteiger partial charge in [-0.3, -0.25) is 0 Å². The van der Waals surface area contributed by atoms with Crippen LogP contribution in [0.2, 0.25) is 0 Å². The molecule has 0 saturated heterocycles. The number of benzene rings is 2. The minimum absolute atomic E-state index is 0.242. The summed E-state index contributed by atoms with van der Waals surface area (Å²) in [6.07, 6.45) is -0.645. The van der Waals surface area contributed by atoms with Crippen LogP contribution in [0.15, 0.2) is 52.9 Å². The molecule has 0 radical (unpaired) electrons. The molecule has 1 heterocycles. The van der Waals surface area contributed by atoms with Gasteiger partial charge >= 0.3 is 5.97 Å². The first kappa shape index (κ1) is 16.7. The van der Waals surface area contributed by atoms with Crippen LogP contribution in [0, 0.1) is 6.92 Å². The third kappa shape index (κ3) is 3.85. The molecule has 0 N–H and O–H groups in total. The number of aromatic nitrogens is 2. The van der Waals surface area contributed by atoms with Gasteiger partial charge in [-0.25, -0.2) is 4.79 Å². The Morgan fingerprint density at radius 3 is 2.36 bits per heavy atom. The second-order valence-corrected chi connectivity index (χ2v) is 5.59. The van der Waals surface area contributed by atoms with Crippen molar-refractivity contribution >= 4 is 5.97 Å². The van der Waals surface area contributed by atoms with Crippen LogP contribution < -0.4 is 4.74 Å². The largest absolute Gasteiger partial charge is 0.497 e. The van der Waals surface area contributed by atoms with Crippen LogP contribution >= 0.6 is 0 Å². The molecule has 1 atom stereocenters. The van der Waals surface area contributed by atoms with Crippen molar-refractivity contribution in [2.24, 2.45) is 0 Å². The molecule has 0 bridgehead atoms. The van der Waals surface area contributed by atoms with Gasteiger partial charge < -0.3 is 13.9 Å². The second-order valence-electron chi connectivity index (χ2n) is 5.59. The summed E-state index contributed by atoms with van der Waals surface area (Å²) in [7, 11) is 1.60. The smallest absolute Gasteiger partial charge is 0.338 e. The SMILES string of the molecule is COc1ccc(-c2nnc([C@@H](C)OC(=O)c3ccc(C)cc3)o2)cc1. The van der Waals surface area contributed by atoms with E-state index in [0.29, 0.717) is 11.5 Å². The highest BCUT2D eigenvalue weighted by Gasteiger charge is 2.20. The van der Waals surface area contributed by atoms with E-state index < -0.39 is 12.1 Å². The number of hydrogen-bond donors (Lipinski definition) is 0. The van der Waals surface area contributed by atoms with Crippen LogP contribution in [0.5, 0.6) is 5.75 Å². The third-order valence-electron chi connectivity index (χ3n) is 3.70. The van der Waals surface area contributed by atoms with E-state index in [1.54, 1.807) is 38.3 Å². The number of rotatable bonds is 5. The Labute approximate surface area is 145 Å². The highest BCUT2D eigenvalue weighted by atomic mass is 16.6. The summed E-state index contributed by atoms with van der Waals surface area (Å²) in [6.45, 7) is 3.65. The molecule has 0 amide bonds. The van der Waals surface area contributed by atoms with Crippen LogP contribution in [0.3, 0.4) is 0 Å². The summed E-state index contributed by atoms with van der Waals surface area (Å²) in [5.41, 5.74) is 2.31. The summed E-state index contributed by atoms with van der Waals surface area (Å²) < 4.78 is 16.1. The molecule has 128 valence electrons. The van der Waals surface area contributed by atoms with Gasteiger partial charge in [-0.15, -0.1) is 10.2 Å². The maximum absolute atomic E-state index is 12.2. The van der Waals surface area contributed by atoms with E-state index in [1.165, 1.54) is 0 Å². The first-order valence-corrected chi connectivity index (χ1v) is 7.82. The van der Waals surface area contributed by atoms with Gasteiger partial charge in [-0.2, -0.15) is 0 Å². The number of methoxy groups -OCH3 is 1. The van der Waals surface area contributed by atoms with Crippen molar-refractivity contribution in [3.8, 4) is 17.2 Å². The molecule has 2 aromatic carbocycles. The first-order valence-electron chi connectivity index (χ1n) is 7.82. The number of nitrogens with zero attached hydrogens (tertiary/aromatic N) is 2. The number of ether oxygens (including phenoxy) is 2. The summed E-state index contributed by atoms with van der Waals surface area (Å²) in [5.74, 6) is 0.905. The molecule has 0 unspecified atom stereocenters. The number of aryl methyl sites for hydroxylation is 1. The zero-order valence-corrected chi connectivity index (χ0v) is 14.2. The van der Waals surface area contributed by atoms with Gasteiger partial charge in [0.05, 0.1) is 12.7 Å². The Balaban J connectivity index is 1.70. The highest BCUT2D eigenvalue weighted by molar-refractivity contribution is 5.89. The van der Waals surface area contributed by atoms with Crippen molar-refractivity contribution in [1.29, 1.82) is 0 Å². The number of esters is 1. The van der Waals surface area contributed by atoms with Gasteiger partial charge in [-0.1, -0.05) is 17.7 Å². The standard InChI is InChI=1S/C19H18N2O4/c1-12-4-6-15(7-5-12)19(22)24-13(2)17-20-21-18(25-17)14-8-10-16(23-3)11-9-14/h4-11,13H,1-3H3/t13-/m1/s1. The lowest BCUT2D eigenvalue weighted by molar-refractivity contribution is 0.0280. The lowest BCUT2D eigenvalue weighted by atomic mass is 10.1. The molecule has 0 aliphatic heterocycles. The summed E-state index contributed by atoms with van der Waals surface area (Å²) in [5, 5.41) is 7.98. The van der Waals surface area contributed by atoms with Gasteiger partial charge in [0.1, 0.15) is 5.75 Å². The van der Waals surface area contributed by atoms with Crippen LogP contribution in [-0.4, -0.2) is 23.3 Å². The van der Waals surface area contributed by atoms with E-state index in [4.69, 9.17) is 13.9 Å². The molecule has 6 heteroatoms. The van der Waals surface area contributed by atoms with Gasteiger partial charge in [0.15, 0.2) is 6.10 Å². The number of carbonyl (C=O) groups is 1. The van der Waals surface area contributed by atoms with E-state index in [0.717, 1.165) is 16.9 Å². The van der Waals surface area contributed by atoms with E-state index in [1.807, 2.05) is 31.2 Å². The van der Waals surface area contributed by atoms with Crippen molar-refractivity contribution in [2.45, 2.75) is 20.0 Å². The Morgan fingerprint density at radius 2 is 1.72 bits per heavy atom. The third-order valence-corrected chi connectivity index (χ3v) is 3.70. The maximum atomic E-state index is 12.2. The fourth-order valence-corrected chi connectivity index (χ4v) is 2.22. The molecule has 3 aromatic rings. The van der Waals surface area contributed by atoms with Gasteiger partial charge in [-0.05, 0) is 50.2 Å². The van der Waals surface area contributed by atoms with Gasteiger partial charge in [0, 0.05) is 5.56 Å². The Kier molecular flexibility index (Phi) is 4.79. The average Bonchev–Trinajstić information content (AvgIpc) is 3.12. The number of carbonyl (C=O) groups excluding carboxylic acids is 1. The van der Waals surface area contributed by atoms with Crippen LogP contribution in [-0.2, 0) is 4.74 Å². The topological polar surface area (TPSA) is 74.5 Å². The highest BCUT2D eigenvalue weighted by Crippen LogP contribution is 2.24. The summed E-state index contributed by atoms with van der Waals surface area (Å²) in [4.78, 5) is 12.2. The molecular weight excluding hydrogens is 320 g/mol. The normalized spacial score (nSPS) is 11.8. The molecule has 0 spiro atoms. The van der Waals surface area contributed by atoms with E-state index in [-0.39, 0.29) is 5.89 Å². The molecule has 6 nitrogen and oxygen atoms in total. The van der Waals surface area contributed by atoms with Gasteiger partial charge in [0.2, 0.25) is 5.89 Å². The Bertz CT molecular complexity index is 854. The van der Waals surface area contributed by atoms with Crippen LogP contribution in [0.1, 0.15) is 34.8 Å². The van der Waals surface area contributed by atoms with Gasteiger partial charge in [0.25, 0.3) is 5.89 Å². The predicted molar refractivity (Wildman–Crippen MR) is 91.3 cm³/mol. The van der Waals surface area contributed by atoms with Crippen LogP contribution in [0.4, 0.5) is 0 Å².